The summed E-state index contributed by atoms with van der Waals surface area (Å²) in [6, 6.07) is 4.00. The van der Waals surface area contributed by atoms with Crippen LogP contribution >= 0.6 is 0 Å². The minimum atomic E-state index is -0.0169. The molecule has 1 aromatic heterocycles. The molecule has 1 aliphatic heterocycles. The molecule has 0 bridgehead atoms. The number of hydrogen-bond acceptors (Lipinski definition) is 3. The van der Waals surface area contributed by atoms with Crippen LogP contribution in [0, 0.1) is 0 Å². The number of aromatic nitrogens is 1. The van der Waals surface area contributed by atoms with Crippen molar-refractivity contribution >= 4 is 5.91 Å². The molecule has 1 N–H and O–H groups in total. The smallest absolute Gasteiger partial charge is 0.239 e. The van der Waals surface area contributed by atoms with Gasteiger partial charge in [0.25, 0.3) is 0 Å². The Morgan fingerprint density at radius 2 is 2.11 bits per heavy atom. The number of nitrogens with zero attached hydrogens (tertiary/aromatic N) is 2. The third kappa shape index (κ3) is 3.53. The van der Waals surface area contributed by atoms with Crippen molar-refractivity contribution < 1.29 is 4.79 Å². The number of carbonyl (C=O) groups is 1. The zero-order valence-electron chi connectivity index (χ0n) is 11.8. The zero-order valence-corrected chi connectivity index (χ0v) is 11.8. The molecule has 2 rings (SSSR count). The van der Waals surface area contributed by atoms with Crippen LogP contribution in [0.4, 0.5) is 0 Å². The van der Waals surface area contributed by atoms with E-state index in [1.54, 1.807) is 12.4 Å². The Balaban J connectivity index is 2.01. The molecule has 2 heterocycles. The Kier molecular flexibility index (Phi) is 4.91. The molecule has 104 valence electrons. The largest absolute Gasteiger partial charge is 0.338 e. The summed E-state index contributed by atoms with van der Waals surface area (Å²) < 4.78 is 0. The summed E-state index contributed by atoms with van der Waals surface area (Å²) >= 11 is 0. The highest BCUT2D eigenvalue weighted by atomic mass is 16.2. The number of pyridine rings is 1. The van der Waals surface area contributed by atoms with Gasteiger partial charge in [0.2, 0.25) is 5.91 Å². The fourth-order valence-corrected chi connectivity index (χ4v) is 2.54. The lowest BCUT2D eigenvalue weighted by Gasteiger charge is -2.29. The number of nitrogens with one attached hydrogen (secondary N) is 1. The van der Waals surface area contributed by atoms with Gasteiger partial charge in [0.1, 0.15) is 0 Å². The SMILES string of the molecule is CC(c1ccncc1)N(C)C(=O)C1CCCCCN1. The van der Waals surface area contributed by atoms with Crippen LogP contribution in [0.15, 0.2) is 24.5 Å². The molecule has 1 aliphatic rings. The van der Waals surface area contributed by atoms with Gasteiger partial charge in [0, 0.05) is 19.4 Å². The number of rotatable bonds is 3. The normalized spacial score (nSPS) is 21.5. The Labute approximate surface area is 115 Å². The minimum Gasteiger partial charge on any atom is -0.338 e. The van der Waals surface area contributed by atoms with Gasteiger partial charge in [-0.1, -0.05) is 12.8 Å². The first-order valence-corrected chi connectivity index (χ1v) is 7.10. The van der Waals surface area contributed by atoms with E-state index in [1.165, 1.54) is 12.8 Å². The summed E-state index contributed by atoms with van der Waals surface area (Å²) in [5, 5.41) is 3.37. The highest BCUT2D eigenvalue weighted by Crippen LogP contribution is 2.20. The monoisotopic (exact) mass is 261 g/mol. The summed E-state index contributed by atoms with van der Waals surface area (Å²) in [7, 11) is 1.89. The first kappa shape index (κ1) is 14.0. The molecule has 0 spiro atoms. The summed E-state index contributed by atoms with van der Waals surface area (Å²) in [5.41, 5.74) is 1.12. The molecule has 19 heavy (non-hydrogen) atoms. The molecule has 2 atom stereocenters. The van der Waals surface area contributed by atoms with Crippen molar-refractivity contribution in [1.82, 2.24) is 15.2 Å². The predicted octanol–water partition coefficient (Wildman–Crippen LogP) is 2.13. The fraction of sp³-hybridized carbons (Fsp3) is 0.600. The molecular weight excluding hydrogens is 238 g/mol. The van der Waals surface area contributed by atoms with E-state index in [9.17, 15) is 4.79 Å². The van der Waals surface area contributed by atoms with Gasteiger partial charge in [0.05, 0.1) is 12.1 Å². The van der Waals surface area contributed by atoms with Gasteiger partial charge in [-0.15, -0.1) is 0 Å². The van der Waals surface area contributed by atoms with E-state index < -0.39 is 0 Å². The minimum absolute atomic E-state index is 0.0169. The van der Waals surface area contributed by atoms with E-state index in [1.807, 2.05) is 24.1 Å². The third-order valence-electron chi connectivity index (χ3n) is 3.98. The van der Waals surface area contributed by atoms with Crippen LogP contribution < -0.4 is 5.32 Å². The zero-order chi connectivity index (χ0) is 13.7. The van der Waals surface area contributed by atoms with Crippen molar-refractivity contribution in [2.75, 3.05) is 13.6 Å². The summed E-state index contributed by atoms with van der Waals surface area (Å²) in [4.78, 5) is 18.4. The van der Waals surface area contributed by atoms with Gasteiger partial charge in [0.15, 0.2) is 0 Å². The molecule has 1 fully saturated rings. The van der Waals surface area contributed by atoms with E-state index in [-0.39, 0.29) is 18.0 Å². The van der Waals surface area contributed by atoms with Crippen molar-refractivity contribution in [3.8, 4) is 0 Å². The average Bonchev–Trinajstić information content (AvgIpc) is 2.75. The first-order chi connectivity index (χ1) is 9.20. The van der Waals surface area contributed by atoms with E-state index in [4.69, 9.17) is 0 Å². The predicted molar refractivity (Wildman–Crippen MR) is 75.7 cm³/mol. The van der Waals surface area contributed by atoms with Gasteiger partial charge >= 0.3 is 0 Å². The van der Waals surface area contributed by atoms with Crippen molar-refractivity contribution in [3.05, 3.63) is 30.1 Å². The molecule has 2 unspecified atom stereocenters. The van der Waals surface area contributed by atoms with Crippen molar-refractivity contribution in [3.63, 3.8) is 0 Å². The highest BCUT2D eigenvalue weighted by Gasteiger charge is 2.25. The van der Waals surface area contributed by atoms with Crippen molar-refractivity contribution in [1.29, 1.82) is 0 Å². The first-order valence-electron chi connectivity index (χ1n) is 7.10. The van der Waals surface area contributed by atoms with Crippen LogP contribution in [0.1, 0.15) is 44.2 Å². The molecule has 0 saturated carbocycles. The molecule has 4 heteroatoms. The topological polar surface area (TPSA) is 45.2 Å². The molecule has 4 nitrogen and oxygen atoms in total. The quantitative estimate of drug-likeness (QED) is 0.906. The van der Waals surface area contributed by atoms with Gasteiger partial charge in [-0.3, -0.25) is 9.78 Å². The van der Waals surface area contributed by atoms with E-state index in [0.717, 1.165) is 24.9 Å². The third-order valence-corrected chi connectivity index (χ3v) is 3.98. The van der Waals surface area contributed by atoms with Gasteiger partial charge in [-0.2, -0.15) is 0 Å². The number of likely N-dealkylation sites (N-methyl/N-ethyl adjacent to an activating group) is 1. The number of amides is 1. The summed E-state index contributed by atoms with van der Waals surface area (Å²) in [6.07, 6.45) is 8.03. The number of carbonyl (C=O) groups excluding carboxylic acids is 1. The Bertz CT molecular complexity index is 399. The average molecular weight is 261 g/mol. The van der Waals surface area contributed by atoms with E-state index >= 15 is 0 Å². The molecule has 0 aliphatic carbocycles. The second kappa shape index (κ2) is 6.66. The molecular formula is C15H23N3O. The standard InChI is InChI=1S/C15H23N3O/c1-12(13-7-10-16-11-8-13)18(2)15(19)14-6-4-3-5-9-17-14/h7-8,10-12,14,17H,3-6,9H2,1-2H3. The Hall–Kier alpha value is -1.42. The number of hydrogen-bond donors (Lipinski definition) is 1. The van der Waals surface area contributed by atoms with Crippen LogP contribution in [0.3, 0.4) is 0 Å². The van der Waals surface area contributed by atoms with E-state index in [2.05, 4.69) is 17.2 Å². The van der Waals surface area contributed by atoms with Crippen molar-refractivity contribution in [2.24, 2.45) is 0 Å². The fourth-order valence-electron chi connectivity index (χ4n) is 2.54. The molecule has 0 aromatic carbocycles. The lowest BCUT2D eigenvalue weighted by atomic mass is 10.1. The summed E-state index contributed by atoms with van der Waals surface area (Å²) in [6.45, 7) is 3.01. The van der Waals surface area contributed by atoms with Gasteiger partial charge < -0.3 is 10.2 Å². The van der Waals surface area contributed by atoms with Crippen LogP contribution in [0.5, 0.6) is 0 Å². The van der Waals surface area contributed by atoms with Gasteiger partial charge in [-0.25, -0.2) is 0 Å². The second-order valence-electron chi connectivity index (χ2n) is 5.26. The van der Waals surface area contributed by atoms with Crippen LogP contribution in [0.2, 0.25) is 0 Å². The Morgan fingerprint density at radius 3 is 2.84 bits per heavy atom. The molecule has 1 amide bonds. The van der Waals surface area contributed by atoms with E-state index in [0.29, 0.717) is 0 Å². The molecule has 1 aromatic rings. The van der Waals surface area contributed by atoms with Crippen LogP contribution in [-0.2, 0) is 4.79 Å². The van der Waals surface area contributed by atoms with Crippen LogP contribution in [-0.4, -0.2) is 35.4 Å². The maximum Gasteiger partial charge on any atom is 0.239 e. The second-order valence-corrected chi connectivity index (χ2v) is 5.26. The molecule has 0 radical (unpaired) electrons. The highest BCUT2D eigenvalue weighted by molar-refractivity contribution is 5.82. The van der Waals surface area contributed by atoms with Crippen LogP contribution in [0.25, 0.3) is 0 Å². The van der Waals surface area contributed by atoms with Gasteiger partial charge in [-0.05, 0) is 44.0 Å². The maximum absolute atomic E-state index is 12.5. The summed E-state index contributed by atoms with van der Waals surface area (Å²) in [5.74, 6) is 0.200. The maximum atomic E-state index is 12.5. The lowest BCUT2D eigenvalue weighted by molar-refractivity contribution is -0.134. The lowest BCUT2D eigenvalue weighted by Crippen LogP contribution is -2.45. The van der Waals surface area contributed by atoms with Crippen molar-refractivity contribution in [2.45, 2.75) is 44.7 Å². The Morgan fingerprint density at radius 1 is 1.37 bits per heavy atom. The molecule has 1 saturated heterocycles.